The molecule has 0 radical (unpaired) electrons. The quantitative estimate of drug-likeness (QED) is 0.819. The summed E-state index contributed by atoms with van der Waals surface area (Å²) in [4.78, 5) is 2.53. The number of ether oxygens (including phenoxy) is 1. The van der Waals surface area contributed by atoms with Crippen LogP contribution in [0.25, 0.3) is 0 Å². The van der Waals surface area contributed by atoms with Crippen LogP contribution in [0, 0.1) is 5.92 Å². The number of likely N-dealkylation sites (tertiary alicyclic amines) is 1. The van der Waals surface area contributed by atoms with Gasteiger partial charge in [0.15, 0.2) is 0 Å². The molecule has 1 saturated carbocycles. The molecular formula is C15H30N2O. The molecule has 1 aliphatic carbocycles. The topological polar surface area (TPSA) is 38.5 Å². The molecule has 0 aromatic heterocycles. The average molecular weight is 254 g/mol. The minimum atomic E-state index is 0.380. The molecule has 18 heavy (non-hydrogen) atoms. The average Bonchev–Trinajstić information content (AvgIpc) is 2.40. The standard InChI is InChI=1S/C15H30N2O/c1-2-18-14-9-6-10-17(11-14)12-15(16)13-7-4-3-5-8-13/h13-15H,2-12,16H2,1H3. The summed E-state index contributed by atoms with van der Waals surface area (Å²) in [5.74, 6) is 0.770. The highest BCUT2D eigenvalue weighted by Crippen LogP contribution is 2.26. The van der Waals surface area contributed by atoms with Gasteiger partial charge in [-0.3, -0.25) is 4.90 Å². The van der Waals surface area contributed by atoms with Crippen LogP contribution in [0.2, 0.25) is 0 Å². The molecule has 3 nitrogen and oxygen atoms in total. The van der Waals surface area contributed by atoms with Crippen LogP contribution in [0.15, 0.2) is 0 Å². The Morgan fingerprint density at radius 1 is 1.17 bits per heavy atom. The van der Waals surface area contributed by atoms with Gasteiger partial charge in [0.05, 0.1) is 6.10 Å². The summed E-state index contributed by atoms with van der Waals surface area (Å²) < 4.78 is 5.76. The van der Waals surface area contributed by atoms with Crippen molar-refractivity contribution < 1.29 is 4.74 Å². The summed E-state index contributed by atoms with van der Waals surface area (Å²) in [6, 6.07) is 0.380. The minimum Gasteiger partial charge on any atom is -0.377 e. The van der Waals surface area contributed by atoms with Crippen LogP contribution in [0.1, 0.15) is 51.9 Å². The molecule has 1 aliphatic heterocycles. The van der Waals surface area contributed by atoms with Crippen molar-refractivity contribution in [3.05, 3.63) is 0 Å². The zero-order chi connectivity index (χ0) is 12.8. The van der Waals surface area contributed by atoms with E-state index >= 15 is 0 Å². The molecule has 0 bridgehead atoms. The zero-order valence-corrected chi connectivity index (χ0v) is 11.9. The smallest absolute Gasteiger partial charge is 0.0702 e. The zero-order valence-electron chi connectivity index (χ0n) is 11.9. The van der Waals surface area contributed by atoms with Gasteiger partial charge < -0.3 is 10.5 Å². The normalized spacial score (nSPS) is 29.3. The first-order chi connectivity index (χ1) is 8.79. The van der Waals surface area contributed by atoms with Gasteiger partial charge in [-0.25, -0.2) is 0 Å². The van der Waals surface area contributed by atoms with Gasteiger partial charge in [0, 0.05) is 25.7 Å². The van der Waals surface area contributed by atoms with E-state index in [2.05, 4.69) is 11.8 Å². The Hall–Kier alpha value is -0.120. The Morgan fingerprint density at radius 3 is 2.67 bits per heavy atom. The van der Waals surface area contributed by atoms with Crippen molar-refractivity contribution in [1.82, 2.24) is 4.90 Å². The van der Waals surface area contributed by atoms with Crippen LogP contribution in [0.4, 0.5) is 0 Å². The minimum absolute atomic E-state index is 0.380. The summed E-state index contributed by atoms with van der Waals surface area (Å²) in [7, 11) is 0. The van der Waals surface area contributed by atoms with Crippen molar-refractivity contribution in [2.75, 3.05) is 26.2 Å². The van der Waals surface area contributed by atoms with Crippen molar-refractivity contribution in [2.45, 2.75) is 64.0 Å². The van der Waals surface area contributed by atoms with E-state index in [1.165, 1.54) is 51.5 Å². The maximum absolute atomic E-state index is 6.42. The first-order valence-electron chi connectivity index (χ1n) is 7.89. The van der Waals surface area contributed by atoms with Crippen LogP contribution < -0.4 is 5.73 Å². The lowest BCUT2D eigenvalue weighted by atomic mass is 9.84. The molecule has 2 atom stereocenters. The Labute approximate surface area is 112 Å². The highest BCUT2D eigenvalue weighted by molar-refractivity contribution is 4.82. The third kappa shape index (κ3) is 4.22. The molecule has 0 spiro atoms. The predicted octanol–water partition coefficient (Wildman–Crippen LogP) is 2.39. The molecule has 1 saturated heterocycles. The van der Waals surface area contributed by atoms with Gasteiger partial charge in [-0.1, -0.05) is 19.3 Å². The second kappa shape index (κ2) is 7.46. The molecule has 2 unspecified atom stereocenters. The van der Waals surface area contributed by atoms with Crippen LogP contribution in [0.5, 0.6) is 0 Å². The van der Waals surface area contributed by atoms with Crippen molar-refractivity contribution in [1.29, 1.82) is 0 Å². The fraction of sp³-hybridized carbons (Fsp3) is 1.00. The van der Waals surface area contributed by atoms with Crippen LogP contribution in [-0.2, 0) is 4.74 Å². The van der Waals surface area contributed by atoms with E-state index in [4.69, 9.17) is 10.5 Å². The summed E-state index contributed by atoms with van der Waals surface area (Å²) in [6.45, 7) is 6.31. The molecule has 2 N–H and O–H groups in total. The number of piperidine rings is 1. The van der Waals surface area contributed by atoms with Crippen molar-refractivity contribution >= 4 is 0 Å². The maximum atomic E-state index is 6.42. The lowest BCUT2D eigenvalue weighted by Crippen LogP contribution is -2.48. The maximum Gasteiger partial charge on any atom is 0.0702 e. The molecule has 1 heterocycles. The summed E-state index contributed by atoms with van der Waals surface area (Å²) >= 11 is 0. The molecule has 2 aliphatic rings. The molecule has 0 amide bonds. The van der Waals surface area contributed by atoms with Gasteiger partial charge in [0.1, 0.15) is 0 Å². The summed E-state index contributed by atoms with van der Waals surface area (Å²) in [6.07, 6.45) is 9.83. The molecule has 0 aromatic rings. The second-order valence-corrected chi connectivity index (χ2v) is 6.04. The number of nitrogens with zero attached hydrogens (tertiary/aromatic N) is 1. The molecule has 2 fully saturated rings. The van der Waals surface area contributed by atoms with E-state index < -0.39 is 0 Å². The third-order valence-electron chi connectivity index (χ3n) is 4.59. The van der Waals surface area contributed by atoms with Gasteiger partial charge in [0.2, 0.25) is 0 Å². The van der Waals surface area contributed by atoms with Gasteiger partial charge >= 0.3 is 0 Å². The van der Waals surface area contributed by atoms with E-state index in [1.807, 2.05) is 0 Å². The first kappa shape index (κ1) is 14.3. The predicted molar refractivity (Wildman–Crippen MR) is 75.6 cm³/mol. The van der Waals surface area contributed by atoms with E-state index in [0.29, 0.717) is 12.1 Å². The highest BCUT2D eigenvalue weighted by Gasteiger charge is 2.25. The Morgan fingerprint density at radius 2 is 1.94 bits per heavy atom. The Balaban J connectivity index is 1.73. The van der Waals surface area contributed by atoms with Crippen molar-refractivity contribution in [2.24, 2.45) is 11.7 Å². The number of hydrogen-bond donors (Lipinski definition) is 1. The van der Waals surface area contributed by atoms with Crippen LogP contribution in [0.3, 0.4) is 0 Å². The van der Waals surface area contributed by atoms with Gasteiger partial charge in [-0.15, -0.1) is 0 Å². The van der Waals surface area contributed by atoms with Crippen molar-refractivity contribution in [3.8, 4) is 0 Å². The first-order valence-corrected chi connectivity index (χ1v) is 7.89. The van der Waals surface area contributed by atoms with Crippen LogP contribution in [-0.4, -0.2) is 43.3 Å². The fourth-order valence-electron chi connectivity index (χ4n) is 3.56. The van der Waals surface area contributed by atoms with E-state index in [0.717, 1.165) is 25.6 Å². The lowest BCUT2D eigenvalue weighted by Gasteiger charge is -2.36. The highest BCUT2D eigenvalue weighted by atomic mass is 16.5. The Bertz CT molecular complexity index is 227. The Kier molecular flexibility index (Phi) is 5.93. The SMILES string of the molecule is CCOC1CCCN(CC(N)C2CCCCC2)C1. The molecule has 3 heteroatoms. The van der Waals surface area contributed by atoms with E-state index in [-0.39, 0.29) is 0 Å². The summed E-state index contributed by atoms with van der Waals surface area (Å²) in [5.41, 5.74) is 6.42. The molecule has 0 aromatic carbocycles. The third-order valence-corrected chi connectivity index (χ3v) is 4.59. The number of nitrogens with two attached hydrogens (primary N) is 1. The summed E-state index contributed by atoms with van der Waals surface area (Å²) in [5, 5.41) is 0. The van der Waals surface area contributed by atoms with Crippen LogP contribution >= 0.6 is 0 Å². The second-order valence-electron chi connectivity index (χ2n) is 6.04. The lowest BCUT2D eigenvalue weighted by molar-refractivity contribution is 0.00247. The van der Waals surface area contributed by atoms with Crippen molar-refractivity contribution in [3.63, 3.8) is 0 Å². The number of rotatable bonds is 5. The largest absolute Gasteiger partial charge is 0.377 e. The monoisotopic (exact) mass is 254 g/mol. The fourth-order valence-corrected chi connectivity index (χ4v) is 3.56. The van der Waals surface area contributed by atoms with E-state index in [1.54, 1.807) is 0 Å². The molecule has 2 rings (SSSR count). The molecular weight excluding hydrogens is 224 g/mol. The van der Waals surface area contributed by atoms with Gasteiger partial charge in [-0.05, 0) is 45.1 Å². The number of hydrogen-bond acceptors (Lipinski definition) is 3. The molecule has 106 valence electrons. The van der Waals surface area contributed by atoms with E-state index in [9.17, 15) is 0 Å². The van der Waals surface area contributed by atoms with Gasteiger partial charge in [0.25, 0.3) is 0 Å². The van der Waals surface area contributed by atoms with Gasteiger partial charge in [-0.2, -0.15) is 0 Å².